The Morgan fingerprint density at radius 1 is 1.71 bits per heavy atom. The maximum Gasteiger partial charge on any atom is 0.0580 e. The first-order valence-corrected chi connectivity index (χ1v) is 2.92. The van der Waals surface area contributed by atoms with Crippen LogP contribution >= 0.6 is 23.2 Å². The van der Waals surface area contributed by atoms with Crippen molar-refractivity contribution in [2.45, 2.75) is 11.8 Å². The first-order chi connectivity index (χ1) is 3.31. The standard InChI is InChI=1S/C5H6Cl2/c1-2-3-5(7)4-6/h1,5H,3-4H2. The number of halogens is 2. The highest BCUT2D eigenvalue weighted by Gasteiger charge is 1.96. The molecule has 0 heterocycles. The van der Waals surface area contributed by atoms with Gasteiger partial charge in [-0.1, -0.05) is 0 Å². The minimum absolute atomic E-state index is 0.0494. The van der Waals surface area contributed by atoms with Gasteiger partial charge in [-0.2, -0.15) is 0 Å². The monoisotopic (exact) mass is 136 g/mol. The highest BCUT2D eigenvalue weighted by Crippen LogP contribution is 2.01. The Bertz CT molecular complexity index is 72.6. The van der Waals surface area contributed by atoms with Gasteiger partial charge in [0.05, 0.1) is 5.38 Å². The van der Waals surface area contributed by atoms with Crippen molar-refractivity contribution in [3.8, 4) is 12.3 Å². The minimum atomic E-state index is -0.0494. The van der Waals surface area contributed by atoms with E-state index in [4.69, 9.17) is 29.6 Å². The summed E-state index contributed by atoms with van der Waals surface area (Å²) in [7, 11) is 0. The normalized spacial score (nSPS) is 12.7. The lowest BCUT2D eigenvalue weighted by Crippen LogP contribution is -1.96. The predicted molar refractivity (Wildman–Crippen MR) is 33.8 cm³/mol. The van der Waals surface area contributed by atoms with E-state index < -0.39 is 0 Å². The molecule has 0 spiro atoms. The largest absolute Gasteiger partial charge is 0.125 e. The Balaban J connectivity index is 3.03. The van der Waals surface area contributed by atoms with Crippen molar-refractivity contribution in [3.05, 3.63) is 0 Å². The quantitative estimate of drug-likeness (QED) is 0.402. The van der Waals surface area contributed by atoms with Crippen molar-refractivity contribution in [2.24, 2.45) is 0 Å². The van der Waals surface area contributed by atoms with Gasteiger partial charge in [-0.25, -0.2) is 0 Å². The Kier molecular flexibility index (Phi) is 4.39. The number of hydrogen-bond donors (Lipinski definition) is 0. The summed E-state index contributed by atoms with van der Waals surface area (Å²) >= 11 is 10.8. The van der Waals surface area contributed by atoms with E-state index in [1.807, 2.05) is 0 Å². The molecule has 1 unspecified atom stereocenters. The fourth-order valence-electron chi connectivity index (χ4n) is 0.182. The van der Waals surface area contributed by atoms with Crippen LogP contribution in [0.15, 0.2) is 0 Å². The van der Waals surface area contributed by atoms with Crippen molar-refractivity contribution >= 4 is 23.2 Å². The van der Waals surface area contributed by atoms with Crippen LogP contribution in [0.2, 0.25) is 0 Å². The van der Waals surface area contributed by atoms with Crippen molar-refractivity contribution in [1.29, 1.82) is 0 Å². The van der Waals surface area contributed by atoms with E-state index in [2.05, 4.69) is 5.92 Å². The van der Waals surface area contributed by atoms with Crippen molar-refractivity contribution in [3.63, 3.8) is 0 Å². The van der Waals surface area contributed by atoms with Gasteiger partial charge in [0.15, 0.2) is 0 Å². The summed E-state index contributed by atoms with van der Waals surface area (Å²) in [5, 5.41) is -0.0494. The molecule has 0 aliphatic carbocycles. The summed E-state index contributed by atoms with van der Waals surface area (Å²) in [4.78, 5) is 0. The van der Waals surface area contributed by atoms with E-state index in [9.17, 15) is 0 Å². The van der Waals surface area contributed by atoms with E-state index in [1.54, 1.807) is 0 Å². The first-order valence-electron chi connectivity index (χ1n) is 1.94. The molecule has 0 aliphatic rings. The maximum atomic E-state index is 5.49. The molecule has 0 aromatic carbocycles. The van der Waals surface area contributed by atoms with Crippen molar-refractivity contribution in [1.82, 2.24) is 0 Å². The van der Waals surface area contributed by atoms with Gasteiger partial charge in [-0.15, -0.1) is 35.5 Å². The van der Waals surface area contributed by atoms with Crippen LogP contribution in [-0.2, 0) is 0 Å². The second-order valence-corrected chi connectivity index (χ2v) is 2.09. The van der Waals surface area contributed by atoms with Crippen LogP contribution in [0, 0.1) is 12.3 Å². The molecular formula is C5H6Cl2. The van der Waals surface area contributed by atoms with E-state index in [-0.39, 0.29) is 5.38 Å². The predicted octanol–water partition coefficient (Wildman–Crippen LogP) is 1.86. The number of alkyl halides is 2. The third-order valence-corrected chi connectivity index (χ3v) is 1.35. The topological polar surface area (TPSA) is 0 Å². The van der Waals surface area contributed by atoms with Crippen LogP contribution in [0.1, 0.15) is 6.42 Å². The second-order valence-electron chi connectivity index (χ2n) is 1.16. The molecule has 0 N–H and O–H groups in total. The molecule has 0 saturated heterocycles. The van der Waals surface area contributed by atoms with Gasteiger partial charge in [0, 0.05) is 12.3 Å². The Morgan fingerprint density at radius 3 is 2.43 bits per heavy atom. The summed E-state index contributed by atoms with van der Waals surface area (Å²) < 4.78 is 0. The lowest BCUT2D eigenvalue weighted by Gasteiger charge is -1.93. The Labute approximate surface area is 53.8 Å². The molecule has 0 rings (SSSR count). The fraction of sp³-hybridized carbons (Fsp3) is 0.600. The summed E-state index contributed by atoms with van der Waals surface area (Å²) in [6.45, 7) is 0. The van der Waals surface area contributed by atoms with Gasteiger partial charge in [0.2, 0.25) is 0 Å². The van der Waals surface area contributed by atoms with E-state index in [0.29, 0.717) is 12.3 Å². The van der Waals surface area contributed by atoms with E-state index in [0.717, 1.165) is 0 Å². The molecule has 0 saturated carbocycles. The zero-order chi connectivity index (χ0) is 5.70. The molecule has 0 aromatic rings. The molecular weight excluding hydrogens is 131 g/mol. The van der Waals surface area contributed by atoms with E-state index in [1.165, 1.54) is 0 Å². The van der Waals surface area contributed by atoms with Gasteiger partial charge in [0.1, 0.15) is 0 Å². The highest BCUT2D eigenvalue weighted by molar-refractivity contribution is 6.28. The van der Waals surface area contributed by atoms with Crippen molar-refractivity contribution < 1.29 is 0 Å². The molecule has 40 valence electrons. The maximum absolute atomic E-state index is 5.49. The number of hydrogen-bond acceptors (Lipinski definition) is 0. The zero-order valence-corrected chi connectivity index (χ0v) is 5.34. The van der Waals surface area contributed by atoms with Crippen LogP contribution < -0.4 is 0 Å². The number of rotatable bonds is 2. The lowest BCUT2D eigenvalue weighted by atomic mass is 10.3. The highest BCUT2D eigenvalue weighted by atomic mass is 35.5. The average Bonchev–Trinajstić information content (AvgIpc) is 1.68. The van der Waals surface area contributed by atoms with Crippen LogP contribution in [-0.4, -0.2) is 11.3 Å². The van der Waals surface area contributed by atoms with Crippen molar-refractivity contribution in [2.75, 3.05) is 5.88 Å². The summed E-state index contributed by atoms with van der Waals surface area (Å²) in [6.07, 6.45) is 5.47. The first kappa shape index (κ1) is 7.14. The minimum Gasteiger partial charge on any atom is -0.125 e. The Hall–Kier alpha value is 0.140. The average molecular weight is 137 g/mol. The Morgan fingerprint density at radius 2 is 2.29 bits per heavy atom. The smallest absolute Gasteiger partial charge is 0.0580 e. The second kappa shape index (κ2) is 4.30. The fourth-order valence-corrected chi connectivity index (χ4v) is 0.381. The third-order valence-electron chi connectivity index (χ3n) is 0.507. The molecule has 0 aromatic heterocycles. The van der Waals surface area contributed by atoms with Gasteiger partial charge < -0.3 is 0 Å². The molecule has 0 radical (unpaired) electrons. The molecule has 0 nitrogen and oxygen atoms in total. The van der Waals surface area contributed by atoms with Crippen LogP contribution in [0.4, 0.5) is 0 Å². The van der Waals surface area contributed by atoms with Crippen LogP contribution in [0.25, 0.3) is 0 Å². The SMILES string of the molecule is C#CCC(Cl)CCl. The van der Waals surface area contributed by atoms with Crippen LogP contribution in [0.5, 0.6) is 0 Å². The number of terminal acetylenes is 1. The third kappa shape index (κ3) is 3.98. The molecule has 0 aliphatic heterocycles. The molecule has 2 heteroatoms. The van der Waals surface area contributed by atoms with Gasteiger partial charge in [-0.05, 0) is 0 Å². The molecule has 1 atom stereocenters. The lowest BCUT2D eigenvalue weighted by molar-refractivity contribution is 1.00. The van der Waals surface area contributed by atoms with Crippen LogP contribution in [0.3, 0.4) is 0 Å². The van der Waals surface area contributed by atoms with E-state index >= 15 is 0 Å². The molecule has 0 fully saturated rings. The summed E-state index contributed by atoms with van der Waals surface area (Å²) in [6, 6.07) is 0. The van der Waals surface area contributed by atoms with Gasteiger partial charge in [-0.3, -0.25) is 0 Å². The summed E-state index contributed by atoms with van der Waals surface area (Å²) in [5.74, 6) is 2.84. The molecule has 7 heavy (non-hydrogen) atoms. The summed E-state index contributed by atoms with van der Waals surface area (Å²) in [5.41, 5.74) is 0. The van der Waals surface area contributed by atoms with Gasteiger partial charge >= 0.3 is 0 Å². The van der Waals surface area contributed by atoms with Gasteiger partial charge in [0.25, 0.3) is 0 Å². The zero-order valence-electron chi connectivity index (χ0n) is 3.82. The molecule has 0 bridgehead atoms. The molecule has 0 amide bonds.